The Hall–Kier alpha value is -0.860. The van der Waals surface area contributed by atoms with E-state index in [0.717, 1.165) is 25.9 Å². The third kappa shape index (κ3) is 2.80. The Morgan fingerprint density at radius 3 is 2.73 bits per heavy atom. The highest BCUT2D eigenvalue weighted by Crippen LogP contribution is 2.19. The summed E-state index contributed by atoms with van der Waals surface area (Å²) >= 11 is 0. The van der Waals surface area contributed by atoms with E-state index in [-0.39, 0.29) is 6.10 Å². The molecule has 2 atom stereocenters. The lowest BCUT2D eigenvalue weighted by Crippen LogP contribution is -2.43. The zero-order valence-corrected chi connectivity index (χ0v) is 9.26. The predicted molar refractivity (Wildman–Crippen MR) is 61.6 cm³/mol. The number of nitrogens with zero attached hydrogens (tertiary/aromatic N) is 1. The molecule has 0 bridgehead atoms. The van der Waals surface area contributed by atoms with E-state index < -0.39 is 0 Å². The van der Waals surface area contributed by atoms with Crippen LogP contribution in [0, 0.1) is 0 Å². The van der Waals surface area contributed by atoms with Crippen molar-refractivity contribution in [3.63, 3.8) is 0 Å². The average Bonchev–Trinajstić information content (AvgIpc) is 2.25. The summed E-state index contributed by atoms with van der Waals surface area (Å²) in [5, 5.41) is 9.63. The Morgan fingerprint density at radius 2 is 2.00 bits per heavy atom. The zero-order valence-electron chi connectivity index (χ0n) is 9.26. The summed E-state index contributed by atoms with van der Waals surface area (Å²) in [7, 11) is 0. The molecule has 2 nitrogen and oxygen atoms in total. The number of aliphatic hydroxyl groups is 1. The number of hydrogen-bond acceptors (Lipinski definition) is 2. The molecule has 0 aliphatic carbocycles. The lowest BCUT2D eigenvalue weighted by atomic mass is 10.0. The molecule has 1 N–H and O–H groups in total. The molecule has 1 fully saturated rings. The van der Waals surface area contributed by atoms with Crippen molar-refractivity contribution in [3.8, 4) is 0 Å². The lowest BCUT2D eigenvalue weighted by molar-refractivity contribution is 0.0365. The second-order valence-corrected chi connectivity index (χ2v) is 4.50. The minimum Gasteiger partial charge on any atom is -0.392 e. The van der Waals surface area contributed by atoms with Crippen LogP contribution in [-0.2, 0) is 6.54 Å². The van der Waals surface area contributed by atoms with Crippen molar-refractivity contribution in [3.05, 3.63) is 35.9 Å². The van der Waals surface area contributed by atoms with E-state index in [2.05, 4.69) is 36.1 Å². The molecule has 1 saturated heterocycles. The smallest absolute Gasteiger partial charge is 0.0668 e. The Balaban J connectivity index is 1.98. The van der Waals surface area contributed by atoms with Crippen molar-refractivity contribution in [2.75, 3.05) is 6.54 Å². The lowest BCUT2D eigenvalue weighted by Gasteiger charge is -2.36. The van der Waals surface area contributed by atoms with Crippen LogP contribution in [-0.4, -0.2) is 28.7 Å². The molecule has 1 aromatic rings. The Bertz CT molecular complexity index is 299. The topological polar surface area (TPSA) is 23.5 Å². The fourth-order valence-electron chi connectivity index (χ4n) is 2.20. The van der Waals surface area contributed by atoms with Crippen molar-refractivity contribution in [1.82, 2.24) is 4.90 Å². The minimum absolute atomic E-state index is 0.134. The van der Waals surface area contributed by atoms with E-state index in [1.807, 2.05) is 6.07 Å². The molecule has 1 aromatic carbocycles. The Kier molecular flexibility index (Phi) is 3.39. The first-order chi connectivity index (χ1) is 7.25. The van der Waals surface area contributed by atoms with Crippen LogP contribution in [0.5, 0.6) is 0 Å². The first kappa shape index (κ1) is 10.7. The van der Waals surface area contributed by atoms with Gasteiger partial charge in [0.2, 0.25) is 0 Å². The summed E-state index contributed by atoms with van der Waals surface area (Å²) in [4.78, 5) is 2.36. The van der Waals surface area contributed by atoms with Crippen molar-refractivity contribution in [2.45, 2.75) is 38.5 Å². The third-order valence-corrected chi connectivity index (χ3v) is 3.21. The van der Waals surface area contributed by atoms with Gasteiger partial charge in [-0.25, -0.2) is 0 Å². The van der Waals surface area contributed by atoms with E-state index >= 15 is 0 Å². The molecule has 2 unspecified atom stereocenters. The van der Waals surface area contributed by atoms with Gasteiger partial charge in [-0.2, -0.15) is 0 Å². The number of likely N-dealkylation sites (tertiary alicyclic amines) is 1. The van der Waals surface area contributed by atoms with Gasteiger partial charge in [0.05, 0.1) is 6.10 Å². The largest absolute Gasteiger partial charge is 0.392 e. The van der Waals surface area contributed by atoms with Crippen LogP contribution in [0.2, 0.25) is 0 Å². The highest BCUT2D eigenvalue weighted by atomic mass is 16.3. The van der Waals surface area contributed by atoms with Gasteiger partial charge < -0.3 is 5.11 Å². The zero-order chi connectivity index (χ0) is 10.7. The van der Waals surface area contributed by atoms with Crippen LogP contribution in [0.25, 0.3) is 0 Å². The van der Waals surface area contributed by atoms with Crippen molar-refractivity contribution in [2.24, 2.45) is 0 Å². The fourth-order valence-corrected chi connectivity index (χ4v) is 2.20. The van der Waals surface area contributed by atoms with Crippen LogP contribution >= 0.6 is 0 Å². The molecule has 82 valence electrons. The average molecular weight is 205 g/mol. The number of rotatable bonds is 2. The number of piperidine rings is 1. The molecular formula is C13H19NO. The van der Waals surface area contributed by atoms with Gasteiger partial charge in [-0.1, -0.05) is 30.3 Å². The molecular weight excluding hydrogens is 186 g/mol. The normalized spacial score (nSPS) is 27.9. The van der Waals surface area contributed by atoms with Crippen LogP contribution in [0.3, 0.4) is 0 Å². The molecule has 1 aliphatic heterocycles. The molecule has 2 rings (SSSR count). The first-order valence-corrected chi connectivity index (χ1v) is 5.72. The second kappa shape index (κ2) is 4.77. The molecule has 0 amide bonds. The maximum atomic E-state index is 9.63. The van der Waals surface area contributed by atoms with Crippen LogP contribution in [0.1, 0.15) is 25.3 Å². The monoisotopic (exact) mass is 205 g/mol. The van der Waals surface area contributed by atoms with Gasteiger partial charge in [-0.3, -0.25) is 4.90 Å². The molecule has 1 heterocycles. The highest BCUT2D eigenvalue weighted by Gasteiger charge is 2.23. The van der Waals surface area contributed by atoms with Gasteiger partial charge in [0, 0.05) is 19.1 Å². The Labute approximate surface area is 91.5 Å². The van der Waals surface area contributed by atoms with Gasteiger partial charge >= 0.3 is 0 Å². The second-order valence-electron chi connectivity index (χ2n) is 4.50. The first-order valence-electron chi connectivity index (χ1n) is 5.72. The standard InChI is InChI=1S/C13H19NO/c1-11-7-8-13(15)10-14(11)9-12-5-3-2-4-6-12/h2-6,11,13,15H,7-10H2,1H3. The summed E-state index contributed by atoms with van der Waals surface area (Å²) in [6, 6.07) is 11.1. The molecule has 0 spiro atoms. The van der Waals surface area contributed by atoms with Gasteiger partial charge in [-0.05, 0) is 25.3 Å². The van der Waals surface area contributed by atoms with E-state index in [1.165, 1.54) is 5.56 Å². The predicted octanol–water partition coefficient (Wildman–Crippen LogP) is 2.03. The minimum atomic E-state index is -0.134. The van der Waals surface area contributed by atoms with E-state index in [9.17, 15) is 5.11 Å². The maximum absolute atomic E-state index is 9.63. The summed E-state index contributed by atoms with van der Waals surface area (Å²) in [5.74, 6) is 0. The van der Waals surface area contributed by atoms with E-state index in [4.69, 9.17) is 0 Å². The van der Waals surface area contributed by atoms with Crippen LogP contribution < -0.4 is 0 Å². The third-order valence-electron chi connectivity index (χ3n) is 3.21. The highest BCUT2D eigenvalue weighted by molar-refractivity contribution is 5.14. The molecule has 1 aliphatic rings. The van der Waals surface area contributed by atoms with Gasteiger partial charge in [0.25, 0.3) is 0 Å². The molecule has 15 heavy (non-hydrogen) atoms. The van der Waals surface area contributed by atoms with Gasteiger partial charge in [0.1, 0.15) is 0 Å². The van der Waals surface area contributed by atoms with Crippen molar-refractivity contribution < 1.29 is 5.11 Å². The van der Waals surface area contributed by atoms with Gasteiger partial charge in [-0.15, -0.1) is 0 Å². The van der Waals surface area contributed by atoms with Crippen LogP contribution in [0.15, 0.2) is 30.3 Å². The summed E-state index contributed by atoms with van der Waals surface area (Å²) < 4.78 is 0. The quantitative estimate of drug-likeness (QED) is 0.798. The number of aliphatic hydroxyl groups excluding tert-OH is 1. The van der Waals surface area contributed by atoms with E-state index in [1.54, 1.807) is 0 Å². The van der Waals surface area contributed by atoms with E-state index in [0.29, 0.717) is 6.04 Å². The van der Waals surface area contributed by atoms with Gasteiger partial charge in [0.15, 0.2) is 0 Å². The van der Waals surface area contributed by atoms with Crippen molar-refractivity contribution in [1.29, 1.82) is 0 Å². The number of hydrogen-bond donors (Lipinski definition) is 1. The molecule has 0 radical (unpaired) electrons. The summed E-state index contributed by atoms with van der Waals surface area (Å²) in [6.45, 7) is 4.02. The van der Waals surface area contributed by atoms with Crippen molar-refractivity contribution >= 4 is 0 Å². The SMILES string of the molecule is CC1CCC(O)CN1Cc1ccccc1. The number of β-amino-alcohol motifs (C(OH)–C–C–N with tert-alkyl or cyclic N) is 1. The summed E-state index contributed by atoms with van der Waals surface area (Å²) in [5.41, 5.74) is 1.33. The summed E-state index contributed by atoms with van der Waals surface area (Å²) in [6.07, 6.45) is 1.92. The maximum Gasteiger partial charge on any atom is 0.0668 e. The van der Waals surface area contributed by atoms with Crippen LogP contribution in [0.4, 0.5) is 0 Å². The Morgan fingerprint density at radius 1 is 1.27 bits per heavy atom. The molecule has 0 aromatic heterocycles. The fraction of sp³-hybridized carbons (Fsp3) is 0.538. The number of benzene rings is 1. The molecule has 0 saturated carbocycles. The molecule has 2 heteroatoms.